The first-order valence-electron chi connectivity index (χ1n) is 8.48. The van der Waals surface area contributed by atoms with Gasteiger partial charge in [0.1, 0.15) is 11.5 Å². The zero-order valence-corrected chi connectivity index (χ0v) is 14.0. The summed E-state index contributed by atoms with van der Waals surface area (Å²) in [7, 11) is 1.57. The van der Waals surface area contributed by atoms with Crippen molar-refractivity contribution in [1.29, 1.82) is 0 Å². The number of nitrogens with one attached hydrogen (secondary N) is 1. The topological polar surface area (TPSA) is 54.7 Å². The first kappa shape index (κ1) is 16.6. The zero-order chi connectivity index (χ0) is 16.8. The van der Waals surface area contributed by atoms with Gasteiger partial charge in [-0.2, -0.15) is 0 Å². The predicted octanol–water partition coefficient (Wildman–Crippen LogP) is 3.25. The van der Waals surface area contributed by atoms with E-state index in [1.165, 1.54) is 19.3 Å². The Labute approximate surface area is 142 Å². The number of amides is 1. The molecule has 0 saturated carbocycles. The number of piperidine rings is 1. The van der Waals surface area contributed by atoms with Gasteiger partial charge >= 0.3 is 0 Å². The largest absolute Gasteiger partial charge is 0.496 e. The molecule has 2 aromatic rings. The second-order valence-corrected chi connectivity index (χ2v) is 6.04. The van der Waals surface area contributed by atoms with Gasteiger partial charge in [-0.05, 0) is 50.2 Å². The third kappa shape index (κ3) is 3.79. The zero-order valence-electron chi connectivity index (χ0n) is 14.0. The van der Waals surface area contributed by atoms with Gasteiger partial charge in [-0.15, -0.1) is 0 Å². The molecule has 1 aliphatic heterocycles. The van der Waals surface area contributed by atoms with Crippen molar-refractivity contribution < 1.29 is 13.9 Å². The number of carbonyl (C=O) groups excluding carboxylic acids is 1. The Kier molecular flexibility index (Phi) is 5.54. The van der Waals surface area contributed by atoms with Crippen molar-refractivity contribution in [3.8, 4) is 5.75 Å². The van der Waals surface area contributed by atoms with Crippen LogP contribution in [0.25, 0.3) is 0 Å². The normalized spacial score (nSPS) is 16.5. The molecule has 3 rings (SSSR count). The van der Waals surface area contributed by atoms with Crippen LogP contribution in [0, 0.1) is 0 Å². The summed E-state index contributed by atoms with van der Waals surface area (Å²) in [6.07, 6.45) is 5.35. The fourth-order valence-corrected chi connectivity index (χ4v) is 3.24. The fraction of sp³-hybridized carbons (Fsp3) is 0.421. The molecule has 5 nitrogen and oxygen atoms in total. The number of hydrogen-bond donors (Lipinski definition) is 1. The van der Waals surface area contributed by atoms with Crippen LogP contribution in [-0.4, -0.2) is 37.6 Å². The van der Waals surface area contributed by atoms with E-state index < -0.39 is 0 Å². The summed E-state index contributed by atoms with van der Waals surface area (Å²) in [6.45, 7) is 2.59. The van der Waals surface area contributed by atoms with E-state index in [1.54, 1.807) is 25.5 Å². The Balaban J connectivity index is 1.70. The van der Waals surface area contributed by atoms with Crippen LogP contribution in [-0.2, 0) is 0 Å². The lowest BCUT2D eigenvalue weighted by Crippen LogP contribution is -2.40. The highest BCUT2D eigenvalue weighted by Crippen LogP contribution is 2.25. The molecule has 1 fully saturated rings. The molecule has 1 aromatic heterocycles. The minimum absolute atomic E-state index is 0.0685. The number of hydrogen-bond acceptors (Lipinski definition) is 4. The number of carbonyl (C=O) groups is 1. The van der Waals surface area contributed by atoms with E-state index in [1.807, 2.05) is 24.3 Å². The van der Waals surface area contributed by atoms with Crippen molar-refractivity contribution in [2.45, 2.75) is 25.3 Å². The Morgan fingerprint density at radius 1 is 1.21 bits per heavy atom. The predicted molar refractivity (Wildman–Crippen MR) is 92.2 cm³/mol. The minimum Gasteiger partial charge on any atom is -0.496 e. The maximum Gasteiger partial charge on any atom is 0.255 e. The molecule has 1 atom stereocenters. The maximum atomic E-state index is 12.5. The molecular weight excluding hydrogens is 304 g/mol. The summed E-state index contributed by atoms with van der Waals surface area (Å²) in [5, 5.41) is 3.04. The Morgan fingerprint density at radius 3 is 2.71 bits per heavy atom. The first-order chi connectivity index (χ1) is 11.8. The molecular formula is C19H24N2O3. The van der Waals surface area contributed by atoms with Crippen LogP contribution in [0.4, 0.5) is 0 Å². The van der Waals surface area contributed by atoms with E-state index in [0.29, 0.717) is 17.9 Å². The Bertz CT molecular complexity index is 648. The fourth-order valence-electron chi connectivity index (χ4n) is 3.24. The Hall–Kier alpha value is -2.27. The van der Waals surface area contributed by atoms with Crippen LogP contribution in [0.5, 0.6) is 5.75 Å². The van der Waals surface area contributed by atoms with Crippen molar-refractivity contribution in [3.63, 3.8) is 0 Å². The van der Waals surface area contributed by atoms with E-state index in [4.69, 9.17) is 9.15 Å². The molecule has 0 aliphatic carbocycles. The molecule has 1 N–H and O–H groups in total. The van der Waals surface area contributed by atoms with Crippen LogP contribution in [0.1, 0.15) is 41.4 Å². The number of nitrogens with zero attached hydrogens (tertiary/aromatic N) is 1. The lowest BCUT2D eigenvalue weighted by molar-refractivity contribution is 0.0911. The number of para-hydroxylation sites is 1. The first-order valence-corrected chi connectivity index (χ1v) is 8.48. The summed E-state index contributed by atoms with van der Waals surface area (Å²) in [6, 6.07) is 11.2. The lowest BCUT2D eigenvalue weighted by atomic mass is 10.1. The monoisotopic (exact) mass is 328 g/mol. The molecule has 128 valence electrons. The highest BCUT2D eigenvalue weighted by molar-refractivity contribution is 5.96. The van der Waals surface area contributed by atoms with Crippen LogP contribution in [0.3, 0.4) is 0 Å². The average molecular weight is 328 g/mol. The number of methoxy groups -OCH3 is 1. The van der Waals surface area contributed by atoms with Crippen LogP contribution in [0.15, 0.2) is 47.1 Å². The third-order valence-electron chi connectivity index (χ3n) is 4.51. The molecule has 0 radical (unpaired) electrons. The maximum absolute atomic E-state index is 12.5. The van der Waals surface area contributed by atoms with Gasteiger partial charge in [0.05, 0.1) is 25.0 Å². The standard InChI is InChI=1S/C19H24N2O3/c1-23-17-9-4-3-8-15(17)19(22)20-14-16(18-10-7-13-24-18)21-11-5-2-6-12-21/h3-4,7-10,13,16H,2,5-6,11-12,14H2,1H3,(H,20,22)/t16-/m0/s1. The summed E-state index contributed by atoms with van der Waals surface area (Å²) in [5.41, 5.74) is 0.553. The second-order valence-electron chi connectivity index (χ2n) is 6.04. The van der Waals surface area contributed by atoms with Gasteiger partial charge < -0.3 is 14.5 Å². The van der Waals surface area contributed by atoms with Crippen molar-refractivity contribution in [2.75, 3.05) is 26.7 Å². The number of likely N-dealkylation sites (tertiary alicyclic amines) is 1. The molecule has 0 bridgehead atoms. The molecule has 2 heterocycles. The molecule has 1 amide bonds. The molecule has 24 heavy (non-hydrogen) atoms. The smallest absolute Gasteiger partial charge is 0.255 e. The van der Waals surface area contributed by atoms with E-state index in [2.05, 4.69) is 10.2 Å². The van der Waals surface area contributed by atoms with Crippen molar-refractivity contribution >= 4 is 5.91 Å². The van der Waals surface area contributed by atoms with Crippen molar-refractivity contribution in [3.05, 3.63) is 54.0 Å². The van der Waals surface area contributed by atoms with Gasteiger partial charge in [0, 0.05) is 6.54 Å². The van der Waals surface area contributed by atoms with Gasteiger partial charge in [0.15, 0.2) is 0 Å². The number of furan rings is 1. The number of benzene rings is 1. The lowest BCUT2D eigenvalue weighted by Gasteiger charge is -2.33. The molecule has 1 aliphatic rings. The third-order valence-corrected chi connectivity index (χ3v) is 4.51. The highest BCUT2D eigenvalue weighted by Gasteiger charge is 2.25. The SMILES string of the molecule is COc1ccccc1C(=O)NC[C@@H](c1ccco1)N1CCCCC1. The number of ether oxygens (including phenoxy) is 1. The summed E-state index contributed by atoms with van der Waals surface area (Å²) < 4.78 is 10.9. The van der Waals surface area contributed by atoms with E-state index in [9.17, 15) is 4.79 Å². The van der Waals surface area contributed by atoms with E-state index in [-0.39, 0.29) is 11.9 Å². The van der Waals surface area contributed by atoms with Gasteiger partial charge in [0.2, 0.25) is 0 Å². The molecule has 0 spiro atoms. The molecule has 0 unspecified atom stereocenters. The molecule has 1 aromatic carbocycles. The van der Waals surface area contributed by atoms with Gasteiger partial charge in [-0.3, -0.25) is 9.69 Å². The summed E-state index contributed by atoms with van der Waals surface area (Å²) in [5.74, 6) is 1.36. The second kappa shape index (κ2) is 8.02. The molecule has 1 saturated heterocycles. The van der Waals surface area contributed by atoms with E-state index in [0.717, 1.165) is 18.8 Å². The highest BCUT2D eigenvalue weighted by atomic mass is 16.5. The van der Waals surface area contributed by atoms with Gasteiger partial charge in [0.25, 0.3) is 5.91 Å². The van der Waals surface area contributed by atoms with Crippen molar-refractivity contribution in [2.24, 2.45) is 0 Å². The Morgan fingerprint density at radius 2 is 2.00 bits per heavy atom. The molecule has 5 heteroatoms. The minimum atomic E-state index is -0.124. The van der Waals surface area contributed by atoms with Crippen LogP contribution >= 0.6 is 0 Å². The quantitative estimate of drug-likeness (QED) is 0.884. The van der Waals surface area contributed by atoms with Gasteiger partial charge in [-0.25, -0.2) is 0 Å². The summed E-state index contributed by atoms with van der Waals surface area (Å²) in [4.78, 5) is 14.9. The van der Waals surface area contributed by atoms with Crippen molar-refractivity contribution in [1.82, 2.24) is 10.2 Å². The summed E-state index contributed by atoms with van der Waals surface area (Å²) >= 11 is 0. The average Bonchev–Trinajstić information content (AvgIpc) is 3.17. The van der Waals surface area contributed by atoms with Gasteiger partial charge in [-0.1, -0.05) is 18.6 Å². The van der Waals surface area contributed by atoms with Crippen LogP contribution < -0.4 is 10.1 Å². The number of rotatable bonds is 6. The van der Waals surface area contributed by atoms with Crippen LogP contribution in [0.2, 0.25) is 0 Å². The van der Waals surface area contributed by atoms with E-state index >= 15 is 0 Å².